The van der Waals surface area contributed by atoms with Crippen LogP contribution in [0.3, 0.4) is 0 Å². The van der Waals surface area contributed by atoms with Crippen molar-refractivity contribution >= 4 is 16.9 Å². The first kappa shape index (κ1) is 20.2. The van der Waals surface area contributed by atoms with Crippen LogP contribution in [-0.2, 0) is 13.2 Å². The van der Waals surface area contributed by atoms with Crippen molar-refractivity contribution in [2.45, 2.75) is 19.6 Å². The Bertz CT molecular complexity index is 1290. The Morgan fingerprint density at radius 1 is 1.26 bits per heavy atom. The fraction of sp³-hybridized carbons (Fsp3) is 0.190. The number of H-pyrrole nitrogens is 1. The summed E-state index contributed by atoms with van der Waals surface area (Å²) < 4.78 is 18.1. The molecular weight excluding hydrogens is 403 g/mol. The summed E-state index contributed by atoms with van der Waals surface area (Å²) in [6.45, 7) is -0.485. The third-order valence-electron chi connectivity index (χ3n) is 4.28. The van der Waals surface area contributed by atoms with Crippen molar-refractivity contribution in [1.29, 1.82) is 0 Å². The van der Waals surface area contributed by atoms with E-state index in [9.17, 15) is 9.18 Å². The molecule has 4 rings (SSSR count). The van der Waals surface area contributed by atoms with Crippen LogP contribution in [-0.4, -0.2) is 42.7 Å². The maximum absolute atomic E-state index is 12.8. The summed E-state index contributed by atoms with van der Waals surface area (Å²) in [5.41, 5.74) is 2.96. The number of benzene rings is 1. The van der Waals surface area contributed by atoms with Crippen molar-refractivity contribution in [2.75, 3.05) is 6.61 Å². The summed E-state index contributed by atoms with van der Waals surface area (Å²) in [6.07, 6.45) is 1.57. The smallest absolute Gasteiger partial charge is 0.270 e. The van der Waals surface area contributed by atoms with Gasteiger partial charge in [0.25, 0.3) is 5.91 Å². The number of carbonyl (C=O) groups excluding carboxylic acids is 1. The number of aliphatic hydroxyl groups is 1. The number of amides is 1. The summed E-state index contributed by atoms with van der Waals surface area (Å²) in [7, 11) is 0. The van der Waals surface area contributed by atoms with Gasteiger partial charge in [-0.05, 0) is 23.6 Å². The third-order valence-corrected chi connectivity index (χ3v) is 4.28. The van der Waals surface area contributed by atoms with Crippen molar-refractivity contribution in [3.63, 3.8) is 0 Å². The molecule has 0 fully saturated rings. The predicted molar refractivity (Wildman–Crippen MR) is 108 cm³/mol. The second kappa shape index (κ2) is 9.15. The van der Waals surface area contributed by atoms with Gasteiger partial charge in [0.15, 0.2) is 5.82 Å². The van der Waals surface area contributed by atoms with Crippen molar-refractivity contribution in [2.24, 2.45) is 0 Å². The number of fused-ring (bicyclic) bond motifs is 1. The Morgan fingerprint density at radius 3 is 3.00 bits per heavy atom. The number of aromatic amines is 1. The summed E-state index contributed by atoms with van der Waals surface area (Å²) in [4.78, 5) is 27.8. The molecule has 156 valence electrons. The molecule has 0 radical (unpaired) electrons. The number of hydrogen-bond donors (Lipinski definition) is 3. The number of hydrogen-bond acceptors (Lipinski definition) is 7. The number of halogens is 1. The first-order chi connectivity index (χ1) is 15.2. The van der Waals surface area contributed by atoms with Crippen LogP contribution in [0, 0.1) is 11.8 Å². The summed E-state index contributed by atoms with van der Waals surface area (Å²) in [5.74, 6) is 5.93. The molecule has 0 saturated carbocycles. The number of nitrogens with zero attached hydrogens (tertiary/aromatic N) is 4. The molecule has 0 bridgehead atoms. The number of aromatic nitrogens is 5. The van der Waals surface area contributed by atoms with Gasteiger partial charge in [-0.3, -0.25) is 4.79 Å². The monoisotopic (exact) mass is 420 g/mol. The minimum Gasteiger partial charge on any atom is -0.395 e. The lowest BCUT2D eigenvalue weighted by Crippen LogP contribution is -2.24. The molecule has 0 saturated heterocycles. The first-order valence-electron chi connectivity index (χ1n) is 9.37. The van der Waals surface area contributed by atoms with Gasteiger partial charge >= 0.3 is 0 Å². The van der Waals surface area contributed by atoms with Gasteiger partial charge in [0, 0.05) is 18.6 Å². The average molecular weight is 420 g/mol. The average Bonchev–Trinajstić information content (AvgIpc) is 3.44. The number of aliphatic hydroxyl groups excluding tert-OH is 1. The minimum absolute atomic E-state index is 0.0438. The minimum atomic E-state index is -0.556. The Morgan fingerprint density at radius 2 is 2.16 bits per heavy atom. The predicted octanol–water partition coefficient (Wildman–Crippen LogP) is 2.14. The summed E-state index contributed by atoms with van der Waals surface area (Å²) in [6, 6.07) is 8.21. The molecule has 3 aromatic heterocycles. The number of rotatable bonds is 6. The van der Waals surface area contributed by atoms with Gasteiger partial charge in [0.1, 0.15) is 30.1 Å². The Labute approximate surface area is 175 Å². The van der Waals surface area contributed by atoms with E-state index in [4.69, 9.17) is 9.63 Å². The van der Waals surface area contributed by atoms with E-state index >= 15 is 0 Å². The Hall–Kier alpha value is -4.10. The van der Waals surface area contributed by atoms with Gasteiger partial charge in [-0.25, -0.2) is 19.3 Å². The van der Waals surface area contributed by atoms with Gasteiger partial charge in [0.2, 0.25) is 5.76 Å². The van der Waals surface area contributed by atoms with Crippen molar-refractivity contribution < 1.29 is 18.8 Å². The zero-order valence-electron chi connectivity index (χ0n) is 16.2. The number of nitrogens with one attached hydrogen (secondary N) is 2. The molecular formula is C21H17FN6O3. The molecule has 1 aromatic carbocycles. The fourth-order valence-electron chi connectivity index (χ4n) is 2.78. The molecule has 1 amide bonds. The van der Waals surface area contributed by atoms with Crippen LogP contribution in [0.1, 0.15) is 33.9 Å². The van der Waals surface area contributed by atoms with E-state index in [0.717, 1.165) is 0 Å². The van der Waals surface area contributed by atoms with Crippen LogP contribution in [0.2, 0.25) is 0 Å². The van der Waals surface area contributed by atoms with Crippen molar-refractivity contribution in [3.8, 4) is 23.4 Å². The van der Waals surface area contributed by atoms with E-state index in [1.165, 1.54) is 12.4 Å². The fourth-order valence-corrected chi connectivity index (χ4v) is 2.78. The largest absolute Gasteiger partial charge is 0.395 e. The summed E-state index contributed by atoms with van der Waals surface area (Å²) >= 11 is 0. The second-order valence-electron chi connectivity index (χ2n) is 6.50. The van der Waals surface area contributed by atoms with Crippen LogP contribution in [0.4, 0.5) is 4.39 Å². The molecule has 9 nitrogen and oxygen atoms in total. The lowest BCUT2D eigenvalue weighted by Gasteiger charge is -2.02. The van der Waals surface area contributed by atoms with Crippen LogP contribution in [0.5, 0.6) is 0 Å². The standard InChI is InChI=1S/C21H17FN6O3/c22-10-13-4-5-16-17(7-13)27-20(26-16)19-9-15(28-31-19)11-23-21(30)18-8-14(24-12-25-18)3-1-2-6-29/h4-5,7-9,12,29H,2,6,10-11H2,(H,23,30)(H,26,27). The van der Waals surface area contributed by atoms with Gasteiger partial charge in [-0.1, -0.05) is 17.1 Å². The molecule has 0 aliphatic rings. The van der Waals surface area contributed by atoms with E-state index in [0.29, 0.717) is 46.0 Å². The topological polar surface area (TPSA) is 130 Å². The zero-order valence-corrected chi connectivity index (χ0v) is 16.2. The highest BCUT2D eigenvalue weighted by molar-refractivity contribution is 5.92. The molecule has 0 aliphatic heterocycles. The van der Waals surface area contributed by atoms with E-state index in [1.54, 1.807) is 24.3 Å². The molecule has 31 heavy (non-hydrogen) atoms. The van der Waals surface area contributed by atoms with E-state index in [1.807, 2.05) is 0 Å². The summed E-state index contributed by atoms with van der Waals surface area (Å²) in [5, 5.41) is 15.4. The van der Waals surface area contributed by atoms with Crippen molar-refractivity contribution in [1.82, 2.24) is 30.4 Å². The SMILES string of the molecule is O=C(NCc1cc(-c2nc3ccc(CF)cc3[nH]2)on1)c1cc(C#CCCO)ncn1. The van der Waals surface area contributed by atoms with Crippen LogP contribution < -0.4 is 5.32 Å². The first-order valence-corrected chi connectivity index (χ1v) is 9.37. The van der Waals surface area contributed by atoms with E-state index < -0.39 is 12.6 Å². The molecule has 0 spiro atoms. The maximum Gasteiger partial charge on any atom is 0.270 e. The van der Waals surface area contributed by atoms with Gasteiger partial charge in [0.05, 0.1) is 24.2 Å². The second-order valence-corrected chi connectivity index (χ2v) is 6.50. The molecule has 0 unspecified atom stereocenters. The molecule has 0 atom stereocenters. The molecule has 3 N–H and O–H groups in total. The lowest BCUT2D eigenvalue weighted by atomic mass is 10.2. The van der Waals surface area contributed by atoms with E-state index in [-0.39, 0.29) is 18.8 Å². The lowest BCUT2D eigenvalue weighted by molar-refractivity contribution is 0.0945. The normalized spacial score (nSPS) is 10.6. The highest BCUT2D eigenvalue weighted by atomic mass is 19.1. The Balaban J connectivity index is 1.42. The van der Waals surface area contributed by atoms with Crippen molar-refractivity contribution in [3.05, 3.63) is 59.3 Å². The van der Waals surface area contributed by atoms with Crippen LogP contribution >= 0.6 is 0 Å². The highest BCUT2D eigenvalue weighted by Gasteiger charge is 2.14. The van der Waals surface area contributed by atoms with Gasteiger partial charge in [-0.15, -0.1) is 0 Å². The molecule has 10 heteroatoms. The van der Waals surface area contributed by atoms with Crippen LogP contribution in [0.15, 0.2) is 41.2 Å². The Kier molecular flexibility index (Phi) is 5.96. The van der Waals surface area contributed by atoms with Gasteiger partial charge in [-0.2, -0.15) is 0 Å². The number of alkyl halides is 1. The highest BCUT2D eigenvalue weighted by Crippen LogP contribution is 2.22. The van der Waals surface area contributed by atoms with E-state index in [2.05, 4.69) is 42.3 Å². The van der Waals surface area contributed by atoms with Gasteiger partial charge < -0.3 is 19.9 Å². The molecule has 3 heterocycles. The maximum atomic E-state index is 12.8. The van der Waals surface area contributed by atoms with Crippen LogP contribution in [0.25, 0.3) is 22.6 Å². The zero-order chi connectivity index (χ0) is 21.6. The number of imidazole rings is 1. The third kappa shape index (κ3) is 4.73. The molecule has 4 aromatic rings. The quantitative estimate of drug-likeness (QED) is 0.408. The molecule has 0 aliphatic carbocycles. The number of carbonyl (C=O) groups is 1.